The number of nitrogens with zero attached hydrogens (tertiary/aromatic N) is 2. The maximum Gasteiger partial charge on any atom is 0.124 e. The number of aromatic nitrogens is 2. The number of halogens is 3. The minimum Gasteiger partial charge on any atom is -0.328 e. The van der Waals surface area contributed by atoms with Crippen molar-refractivity contribution >= 4 is 11.6 Å². The maximum atomic E-state index is 13.2. The maximum absolute atomic E-state index is 13.2. The Labute approximate surface area is 137 Å². The Morgan fingerprint density at radius 3 is 2.39 bits per heavy atom. The first-order valence-corrected chi connectivity index (χ1v) is 7.40. The van der Waals surface area contributed by atoms with Gasteiger partial charge in [-0.15, -0.1) is 0 Å². The average molecular weight is 334 g/mol. The molecule has 1 aromatic heterocycles. The first-order valence-electron chi connectivity index (χ1n) is 7.02. The zero-order chi connectivity index (χ0) is 16.4. The molecule has 1 heterocycles. The molecule has 6 heteroatoms. The highest BCUT2D eigenvalue weighted by Gasteiger charge is 2.15. The molecule has 0 aliphatic carbocycles. The van der Waals surface area contributed by atoms with Gasteiger partial charge in [-0.05, 0) is 35.9 Å². The second-order valence-electron chi connectivity index (χ2n) is 5.12. The van der Waals surface area contributed by atoms with Crippen LogP contribution in [0.15, 0.2) is 48.8 Å². The minimum atomic E-state index is -0.404. The molecule has 0 fully saturated rings. The molecule has 2 aromatic carbocycles. The summed E-state index contributed by atoms with van der Waals surface area (Å²) < 4.78 is 28.1. The molecular formula is C17H14ClF2N3. The van der Waals surface area contributed by atoms with Gasteiger partial charge >= 0.3 is 0 Å². The van der Waals surface area contributed by atoms with Crippen LogP contribution in [0.3, 0.4) is 0 Å². The fourth-order valence-corrected chi connectivity index (χ4v) is 2.71. The van der Waals surface area contributed by atoms with Crippen molar-refractivity contribution in [3.05, 3.63) is 76.7 Å². The number of hydrogen-bond donors (Lipinski definition) is 1. The molecule has 3 aromatic rings. The number of benzene rings is 2. The zero-order valence-electron chi connectivity index (χ0n) is 12.1. The van der Waals surface area contributed by atoms with Crippen LogP contribution in [-0.4, -0.2) is 9.55 Å². The number of imidazole rings is 1. The van der Waals surface area contributed by atoms with Crippen LogP contribution in [0.2, 0.25) is 5.02 Å². The van der Waals surface area contributed by atoms with E-state index in [0.29, 0.717) is 17.8 Å². The van der Waals surface area contributed by atoms with Gasteiger partial charge < -0.3 is 10.3 Å². The van der Waals surface area contributed by atoms with Gasteiger partial charge in [0.1, 0.15) is 11.6 Å². The summed E-state index contributed by atoms with van der Waals surface area (Å²) in [4.78, 5) is 4.36. The van der Waals surface area contributed by atoms with Crippen molar-refractivity contribution in [2.45, 2.75) is 13.1 Å². The minimum absolute atomic E-state index is 0.254. The van der Waals surface area contributed by atoms with Gasteiger partial charge in [0, 0.05) is 18.7 Å². The Morgan fingerprint density at radius 1 is 1.04 bits per heavy atom. The van der Waals surface area contributed by atoms with Crippen LogP contribution < -0.4 is 5.73 Å². The van der Waals surface area contributed by atoms with E-state index < -0.39 is 5.82 Å². The third-order valence-corrected chi connectivity index (χ3v) is 3.90. The standard InChI is InChI=1S/C17H14ClF2N3/c18-15-7-13(20)5-6-14(15)17-16(8-21)23(10-22-17)9-11-1-3-12(19)4-2-11/h1-7,10H,8-9,21H2. The molecule has 0 radical (unpaired) electrons. The molecule has 0 aliphatic rings. The molecule has 0 bridgehead atoms. The fraction of sp³-hybridized carbons (Fsp3) is 0.118. The molecule has 0 spiro atoms. The quantitative estimate of drug-likeness (QED) is 0.784. The van der Waals surface area contributed by atoms with E-state index in [0.717, 1.165) is 11.3 Å². The van der Waals surface area contributed by atoms with Crippen molar-refractivity contribution in [3.8, 4) is 11.3 Å². The van der Waals surface area contributed by atoms with Crippen LogP contribution >= 0.6 is 11.6 Å². The van der Waals surface area contributed by atoms with Crippen molar-refractivity contribution < 1.29 is 8.78 Å². The number of rotatable bonds is 4. The lowest BCUT2D eigenvalue weighted by Gasteiger charge is -2.09. The highest BCUT2D eigenvalue weighted by atomic mass is 35.5. The number of hydrogen-bond acceptors (Lipinski definition) is 2. The summed E-state index contributed by atoms with van der Waals surface area (Å²) in [6, 6.07) is 10.4. The van der Waals surface area contributed by atoms with Crippen molar-refractivity contribution in [1.82, 2.24) is 9.55 Å². The van der Waals surface area contributed by atoms with Gasteiger partial charge in [0.05, 0.1) is 22.7 Å². The molecule has 0 aliphatic heterocycles. The van der Waals surface area contributed by atoms with Crippen molar-refractivity contribution in [2.75, 3.05) is 0 Å². The van der Waals surface area contributed by atoms with Gasteiger partial charge in [0.25, 0.3) is 0 Å². The van der Waals surface area contributed by atoms with E-state index in [-0.39, 0.29) is 17.4 Å². The Bertz CT molecular complexity index is 828. The van der Waals surface area contributed by atoms with Gasteiger partial charge in [-0.1, -0.05) is 23.7 Å². The lowest BCUT2D eigenvalue weighted by atomic mass is 10.1. The molecule has 0 amide bonds. The zero-order valence-corrected chi connectivity index (χ0v) is 12.9. The second-order valence-corrected chi connectivity index (χ2v) is 5.53. The molecular weight excluding hydrogens is 320 g/mol. The van der Waals surface area contributed by atoms with E-state index in [1.54, 1.807) is 24.5 Å². The third-order valence-electron chi connectivity index (χ3n) is 3.59. The highest BCUT2D eigenvalue weighted by molar-refractivity contribution is 6.33. The van der Waals surface area contributed by atoms with Gasteiger partial charge in [-0.25, -0.2) is 13.8 Å². The van der Waals surface area contributed by atoms with E-state index in [2.05, 4.69) is 4.98 Å². The first-order chi connectivity index (χ1) is 11.1. The summed E-state index contributed by atoms with van der Waals surface area (Å²) in [6.45, 7) is 0.767. The van der Waals surface area contributed by atoms with Gasteiger partial charge in [0.2, 0.25) is 0 Å². The summed E-state index contributed by atoms with van der Waals surface area (Å²) in [5.41, 5.74) is 8.82. The highest BCUT2D eigenvalue weighted by Crippen LogP contribution is 2.30. The largest absolute Gasteiger partial charge is 0.328 e. The molecule has 3 nitrogen and oxygen atoms in total. The summed E-state index contributed by atoms with van der Waals surface area (Å²) in [5.74, 6) is -0.684. The normalized spacial score (nSPS) is 11.0. The summed E-state index contributed by atoms with van der Waals surface area (Å²) in [7, 11) is 0. The Hall–Kier alpha value is -2.24. The predicted octanol–water partition coefficient (Wildman–Crippen LogP) is 3.99. The monoisotopic (exact) mass is 333 g/mol. The molecule has 0 saturated carbocycles. The average Bonchev–Trinajstić information content (AvgIpc) is 2.92. The van der Waals surface area contributed by atoms with Gasteiger partial charge in [0.15, 0.2) is 0 Å². The summed E-state index contributed by atoms with van der Waals surface area (Å²) in [6.07, 6.45) is 1.65. The molecule has 0 unspecified atom stereocenters. The topological polar surface area (TPSA) is 43.8 Å². The third kappa shape index (κ3) is 3.25. The molecule has 0 atom stereocenters. The Balaban J connectivity index is 1.98. The van der Waals surface area contributed by atoms with Crippen molar-refractivity contribution in [2.24, 2.45) is 5.73 Å². The van der Waals surface area contributed by atoms with Gasteiger partial charge in [-0.2, -0.15) is 0 Å². The lowest BCUT2D eigenvalue weighted by Crippen LogP contribution is -2.08. The van der Waals surface area contributed by atoms with E-state index >= 15 is 0 Å². The van der Waals surface area contributed by atoms with Crippen LogP contribution in [0.4, 0.5) is 8.78 Å². The van der Waals surface area contributed by atoms with Crippen LogP contribution in [0.1, 0.15) is 11.3 Å². The SMILES string of the molecule is NCc1c(-c2ccc(F)cc2Cl)ncn1Cc1ccc(F)cc1. The van der Waals surface area contributed by atoms with E-state index in [1.165, 1.54) is 24.3 Å². The summed E-state index contributed by atoms with van der Waals surface area (Å²) >= 11 is 6.11. The molecule has 23 heavy (non-hydrogen) atoms. The van der Waals surface area contributed by atoms with Crippen LogP contribution in [0.25, 0.3) is 11.3 Å². The molecule has 3 rings (SSSR count). The Kier molecular flexibility index (Phi) is 4.41. The Morgan fingerprint density at radius 2 is 1.74 bits per heavy atom. The van der Waals surface area contributed by atoms with E-state index in [4.69, 9.17) is 17.3 Å². The van der Waals surface area contributed by atoms with Crippen LogP contribution in [0, 0.1) is 11.6 Å². The van der Waals surface area contributed by atoms with E-state index in [1.807, 2.05) is 4.57 Å². The summed E-state index contributed by atoms with van der Waals surface area (Å²) in [5, 5.41) is 0.284. The molecule has 0 saturated heterocycles. The van der Waals surface area contributed by atoms with E-state index in [9.17, 15) is 8.78 Å². The van der Waals surface area contributed by atoms with Gasteiger partial charge in [-0.3, -0.25) is 0 Å². The lowest BCUT2D eigenvalue weighted by molar-refractivity contribution is 0.625. The second kappa shape index (κ2) is 6.48. The first kappa shape index (κ1) is 15.6. The van der Waals surface area contributed by atoms with Crippen LogP contribution in [-0.2, 0) is 13.1 Å². The molecule has 118 valence electrons. The number of nitrogens with two attached hydrogens (primary N) is 1. The molecule has 2 N–H and O–H groups in total. The van der Waals surface area contributed by atoms with Crippen LogP contribution in [0.5, 0.6) is 0 Å². The van der Waals surface area contributed by atoms with Crippen molar-refractivity contribution in [1.29, 1.82) is 0 Å². The predicted molar refractivity (Wildman–Crippen MR) is 86.0 cm³/mol. The smallest absolute Gasteiger partial charge is 0.124 e. The van der Waals surface area contributed by atoms with Crippen molar-refractivity contribution in [3.63, 3.8) is 0 Å². The fourth-order valence-electron chi connectivity index (χ4n) is 2.45.